The number of primary amides is 1. The fraction of sp³-hybridized carbons (Fsp3) is 0.391. The zero-order chi connectivity index (χ0) is 23.6. The van der Waals surface area contributed by atoms with Crippen molar-refractivity contribution in [2.45, 2.75) is 50.6 Å². The quantitative estimate of drug-likeness (QED) is 0.602. The fourth-order valence-corrected chi connectivity index (χ4v) is 5.51. The molecule has 4 atom stereocenters. The minimum Gasteiger partial charge on any atom is -0.368 e. The summed E-state index contributed by atoms with van der Waals surface area (Å²) in [6.07, 6.45) is 0.472. The van der Waals surface area contributed by atoms with Gasteiger partial charge >= 0.3 is 0 Å². The van der Waals surface area contributed by atoms with Gasteiger partial charge in [0.2, 0.25) is 11.8 Å². The van der Waals surface area contributed by atoms with E-state index in [1.807, 2.05) is 20.8 Å². The third kappa shape index (κ3) is 3.47. The van der Waals surface area contributed by atoms with Crippen LogP contribution in [0.2, 0.25) is 10.0 Å². The predicted octanol–water partition coefficient (Wildman–Crippen LogP) is 4.51. The third-order valence-corrected chi connectivity index (χ3v) is 6.89. The van der Waals surface area contributed by atoms with Crippen molar-refractivity contribution >= 4 is 40.7 Å². The second-order valence-corrected chi connectivity index (χ2v) is 10.5. The van der Waals surface area contributed by atoms with E-state index in [-0.39, 0.29) is 15.5 Å². The van der Waals surface area contributed by atoms with Crippen molar-refractivity contribution in [3.63, 3.8) is 0 Å². The molecule has 2 aliphatic rings. The summed E-state index contributed by atoms with van der Waals surface area (Å²) in [5.41, 5.74) is 5.29. The molecule has 1 fully saturated rings. The van der Waals surface area contributed by atoms with Gasteiger partial charge in [-0.2, -0.15) is 0 Å². The summed E-state index contributed by atoms with van der Waals surface area (Å²) in [5, 5.41) is 5.77. The van der Waals surface area contributed by atoms with E-state index in [1.165, 1.54) is 30.3 Å². The van der Waals surface area contributed by atoms with E-state index in [2.05, 4.69) is 10.6 Å². The van der Waals surface area contributed by atoms with Crippen molar-refractivity contribution < 1.29 is 18.4 Å². The fourth-order valence-electron chi connectivity index (χ4n) is 5.16. The normalized spacial score (nSPS) is 27.0. The van der Waals surface area contributed by atoms with E-state index in [4.69, 9.17) is 28.9 Å². The summed E-state index contributed by atoms with van der Waals surface area (Å²) in [6.45, 7) is 6.00. The van der Waals surface area contributed by atoms with Crippen LogP contribution < -0.4 is 16.4 Å². The van der Waals surface area contributed by atoms with Crippen molar-refractivity contribution in [3.8, 4) is 0 Å². The molecular formula is C23H23Cl2F2N3O2. The topological polar surface area (TPSA) is 84.2 Å². The Kier molecular flexibility index (Phi) is 5.51. The highest BCUT2D eigenvalue weighted by molar-refractivity contribution is 6.31. The summed E-state index contributed by atoms with van der Waals surface area (Å²) in [5.74, 6) is -3.26. The largest absolute Gasteiger partial charge is 0.368 e. The second-order valence-electron chi connectivity index (χ2n) is 9.65. The maximum Gasteiger partial charge on any atom is 0.237 e. The van der Waals surface area contributed by atoms with Crippen LogP contribution in [0.15, 0.2) is 30.3 Å². The Hall–Kier alpha value is -2.22. The van der Waals surface area contributed by atoms with E-state index in [1.54, 1.807) is 0 Å². The molecule has 4 rings (SSSR count). The van der Waals surface area contributed by atoms with Crippen LogP contribution in [0.3, 0.4) is 0 Å². The van der Waals surface area contributed by atoms with Crippen molar-refractivity contribution in [2.24, 2.45) is 11.1 Å². The number of benzene rings is 2. The summed E-state index contributed by atoms with van der Waals surface area (Å²) in [6, 6.07) is 5.08. The minimum absolute atomic E-state index is 0.132. The number of carbonyl (C=O) groups excluding carboxylic acids is 2. The summed E-state index contributed by atoms with van der Waals surface area (Å²) >= 11 is 12.0. The molecule has 0 aliphatic carbocycles. The molecule has 9 heteroatoms. The molecule has 2 heterocycles. The number of nitrogens with two attached hydrogens (primary N) is 1. The molecule has 1 spiro atoms. The SMILES string of the molecule is CC(C)(C)C[C@H]1N[C@@H](C(N)=O)[C@H](c2ccc(F)c(Cl)c2)[C@@]12C(=O)Nc1cc(Cl)c(F)cc12. The van der Waals surface area contributed by atoms with Crippen LogP contribution in [0, 0.1) is 17.0 Å². The van der Waals surface area contributed by atoms with Crippen LogP contribution in [0.5, 0.6) is 0 Å². The first-order chi connectivity index (χ1) is 14.9. The van der Waals surface area contributed by atoms with Crippen molar-refractivity contribution in [3.05, 3.63) is 63.1 Å². The van der Waals surface area contributed by atoms with Gasteiger partial charge in [0.05, 0.1) is 16.1 Å². The molecule has 170 valence electrons. The maximum absolute atomic E-state index is 14.7. The Morgan fingerprint density at radius 1 is 1.12 bits per heavy atom. The molecule has 0 unspecified atom stereocenters. The van der Waals surface area contributed by atoms with Crippen LogP contribution in [0.25, 0.3) is 0 Å². The van der Waals surface area contributed by atoms with Crippen molar-refractivity contribution in [2.75, 3.05) is 5.32 Å². The number of carbonyl (C=O) groups is 2. The van der Waals surface area contributed by atoms with E-state index < -0.39 is 46.9 Å². The molecule has 0 aromatic heterocycles. The number of anilines is 1. The Morgan fingerprint density at radius 3 is 2.38 bits per heavy atom. The molecule has 2 aromatic carbocycles. The maximum atomic E-state index is 14.7. The molecule has 0 bridgehead atoms. The van der Waals surface area contributed by atoms with Gasteiger partial charge < -0.3 is 16.4 Å². The first-order valence-corrected chi connectivity index (χ1v) is 10.9. The van der Waals surface area contributed by atoms with Crippen molar-refractivity contribution in [1.29, 1.82) is 0 Å². The highest BCUT2D eigenvalue weighted by Crippen LogP contribution is 2.57. The van der Waals surface area contributed by atoms with Crippen molar-refractivity contribution in [1.82, 2.24) is 5.32 Å². The molecular weight excluding hydrogens is 459 g/mol. The lowest BCUT2D eigenvalue weighted by Crippen LogP contribution is -2.49. The molecule has 32 heavy (non-hydrogen) atoms. The molecule has 2 aromatic rings. The van der Waals surface area contributed by atoms with Crippen LogP contribution in [-0.2, 0) is 15.0 Å². The standard InChI is InChI=1S/C23H23Cl2F2N3O2/c1-22(2,3)9-17-23(11-7-15(27)13(25)8-16(11)29-21(23)32)18(19(30-17)20(28)31)10-4-5-14(26)12(24)6-10/h4-8,17-19,30H,9H2,1-3H3,(H2,28,31)(H,29,32)/t17-,18+,19-,23+/m1/s1. The second kappa shape index (κ2) is 7.68. The number of rotatable bonds is 3. The van der Waals surface area contributed by atoms with Gasteiger partial charge in [-0.1, -0.05) is 50.0 Å². The first kappa shape index (κ1) is 23.0. The Bertz CT molecular complexity index is 1130. The Balaban J connectivity index is 2.03. The summed E-state index contributed by atoms with van der Waals surface area (Å²) < 4.78 is 28.6. The van der Waals surface area contributed by atoms with E-state index in [0.29, 0.717) is 23.2 Å². The molecule has 5 nitrogen and oxygen atoms in total. The van der Waals surface area contributed by atoms with E-state index >= 15 is 0 Å². The lowest BCUT2D eigenvalue weighted by Gasteiger charge is -2.37. The van der Waals surface area contributed by atoms with Gasteiger partial charge in [0, 0.05) is 17.6 Å². The zero-order valence-electron chi connectivity index (χ0n) is 17.7. The number of halogens is 4. The average molecular weight is 482 g/mol. The number of hydrogen-bond acceptors (Lipinski definition) is 3. The molecule has 0 saturated carbocycles. The lowest BCUT2D eigenvalue weighted by atomic mass is 9.62. The van der Waals surface area contributed by atoms with Crippen LogP contribution in [0.4, 0.5) is 14.5 Å². The lowest BCUT2D eigenvalue weighted by molar-refractivity contribution is -0.122. The van der Waals surface area contributed by atoms with Gasteiger partial charge in [-0.25, -0.2) is 8.78 Å². The van der Waals surface area contributed by atoms with Crippen LogP contribution in [-0.4, -0.2) is 23.9 Å². The van der Waals surface area contributed by atoms with Gasteiger partial charge in [0.15, 0.2) is 0 Å². The van der Waals surface area contributed by atoms with Gasteiger partial charge in [0.25, 0.3) is 0 Å². The molecule has 2 aliphatic heterocycles. The highest BCUT2D eigenvalue weighted by atomic mass is 35.5. The van der Waals surface area contributed by atoms with Gasteiger partial charge in [-0.05, 0) is 47.2 Å². The first-order valence-electron chi connectivity index (χ1n) is 10.2. The van der Waals surface area contributed by atoms with Gasteiger partial charge in [-0.15, -0.1) is 0 Å². The Morgan fingerprint density at radius 2 is 1.78 bits per heavy atom. The minimum atomic E-state index is -1.39. The number of nitrogens with one attached hydrogen (secondary N) is 2. The van der Waals surface area contributed by atoms with Crippen LogP contribution >= 0.6 is 23.2 Å². The molecule has 2 amide bonds. The molecule has 4 N–H and O–H groups in total. The zero-order valence-corrected chi connectivity index (χ0v) is 19.2. The van der Waals surface area contributed by atoms with Gasteiger partial charge in [0.1, 0.15) is 17.0 Å². The number of amides is 2. The predicted molar refractivity (Wildman–Crippen MR) is 120 cm³/mol. The Labute approximate surface area is 194 Å². The molecule has 0 radical (unpaired) electrons. The smallest absolute Gasteiger partial charge is 0.237 e. The van der Waals surface area contributed by atoms with Crippen LogP contribution in [0.1, 0.15) is 44.2 Å². The summed E-state index contributed by atoms with van der Waals surface area (Å²) in [4.78, 5) is 26.3. The highest BCUT2D eigenvalue weighted by Gasteiger charge is 2.65. The average Bonchev–Trinajstić information content (AvgIpc) is 3.14. The summed E-state index contributed by atoms with van der Waals surface area (Å²) in [7, 11) is 0. The van der Waals surface area contributed by atoms with E-state index in [0.717, 1.165) is 0 Å². The number of fused-ring (bicyclic) bond motifs is 2. The van der Waals surface area contributed by atoms with E-state index in [9.17, 15) is 18.4 Å². The third-order valence-electron chi connectivity index (χ3n) is 6.31. The number of hydrogen-bond donors (Lipinski definition) is 3. The van der Waals surface area contributed by atoms with Gasteiger partial charge in [-0.3, -0.25) is 9.59 Å². The molecule has 1 saturated heterocycles. The monoisotopic (exact) mass is 481 g/mol.